The number of hydrogen-bond donors (Lipinski definition) is 4. The second-order valence-corrected chi connectivity index (χ2v) is 6.71. The molecule has 4 N–H and O–H groups in total. The van der Waals surface area contributed by atoms with Gasteiger partial charge in [0.1, 0.15) is 0 Å². The van der Waals surface area contributed by atoms with E-state index < -0.39 is 36.4 Å². The number of quaternary nitrogens is 1. The number of carbonyl (C=O) groups is 3. The van der Waals surface area contributed by atoms with Gasteiger partial charge >= 0.3 is 17.9 Å². The quantitative estimate of drug-likeness (QED) is 0.361. The maximum absolute atomic E-state index is 10.3. The Balaban J connectivity index is 0. The van der Waals surface area contributed by atoms with Crippen LogP contribution in [0.15, 0.2) is 0 Å². The Kier molecular flexibility index (Phi) is 13.8. The summed E-state index contributed by atoms with van der Waals surface area (Å²) in [5, 5.41) is 33.8. The molecule has 8 heteroatoms. The van der Waals surface area contributed by atoms with Crippen molar-refractivity contribution in [1.82, 2.24) is 0 Å². The van der Waals surface area contributed by atoms with Gasteiger partial charge in [-0.25, -0.2) is 4.79 Å². The van der Waals surface area contributed by atoms with Crippen LogP contribution in [0.25, 0.3) is 0 Å². The van der Waals surface area contributed by atoms with Crippen LogP contribution < -0.4 is 0 Å². The van der Waals surface area contributed by atoms with Gasteiger partial charge in [0.2, 0.25) is 0 Å². The zero-order valence-corrected chi connectivity index (χ0v) is 16.5. The first-order valence-corrected chi connectivity index (χ1v) is 9.26. The highest BCUT2D eigenvalue weighted by atomic mass is 16.4. The van der Waals surface area contributed by atoms with Gasteiger partial charge in [-0.3, -0.25) is 9.59 Å². The standard InChI is InChI=1S/C12H28N.C6H8O7/c1-5-9-13(10-6-2,11-7-3)12-8-4;7-3(8)1-6(13,5(11)12)2-4(9)10/h5-12H2,1-4H3;13H,1-2H2,(H,7,8)(H,9,10)(H,11,12)/q+1;. The van der Waals surface area contributed by atoms with Crippen molar-refractivity contribution < 1.29 is 39.3 Å². The molecule has 0 heterocycles. The lowest BCUT2D eigenvalue weighted by Gasteiger charge is -2.38. The molecule has 0 aliphatic heterocycles. The molecule has 0 aromatic rings. The van der Waals surface area contributed by atoms with E-state index >= 15 is 0 Å². The van der Waals surface area contributed by atoms with E-state index in [1.165, 1.54) is 56.3 Å². The summed E-state index contributed by atoms with van der Waals surface area (Å²) in [5.74, 6) is -5.02. The summed E-state index contributed by atoms with van der Waals surface area (Å²) in [5.41, 5.74) is -2.74. The van der Waals surface area contributed by atoms with E-state index in [2.05, 4.69) is 27.7 Å². The minimum Gasteiger partial charge on any atom is -0.481 e. The molecule has 0 spiro atoms. The Bertz CT molecular complexity index is 392. The fourth-order valence-electron chi connectivity index (χ4n) is 3.28. The van der Waals surface area contributed by atoms with E-state index in [9.17, 15) is 14.4 Å². The number of carboxylic acids is 3. The minimum absolute atomic E-state index is 1.14. The van der Waals surface area contributed by atoms with E-state index in [-0.39, 0.29) is 0 Å². The summed E-state index contributed by atoms with van der Waals surface area (Å²) in [6.45, 7) is 14.8. The van der Waals surface area contributed by atoms with Crippen molar-refractivity contribution in [3.8, 4) is 0 Å². The molecular formula is C18H36NO7+. The van der Waals surface area contributed by atoms with Gasteiger partial charge in [-0.05, 0) is 25.7 Å². The minimum atomic E-state index is -2.74. The molecule has 0 amide bonds. The Morgan fingerprint density at radius 1 is 0.692 bits per heavy atom. The molecule has 0 atom stereocenters. The van der Waals surface area contributed by atoms with Crippen LogP contribution in [-0.4, -0.2) is 74.6 Å². The lowest BCUT2D eigenvalue weighted by molar-refractivity contribution is -0.928. The maximum atomic E-state index is 10.3. The van der Waals surface area contributed by atoms with Crippen molar-refractivity contribution in [1.29, 1.82) is 0 Å². The zero-order valence-electron chi connectivity index (χ0n) is 16.5. The van der Waals surface area contributed by atoms with E-state index in [0.29, 0.717) is 0 Å². The van der Waals surface area contributed by atoms with Gasteiger partial charge in [0.25, 0.3) is 0 Å². The van der Waals surface area contributed by atoms with Crippen molar-refractivity contribution >= 4 is 17.9 Å². The van der Waals surface area contributed by atoms with Gasteiger partial charge in [0.05, 0.1) is 39.0 Å². The van der Waals surface area contributed by atoms with Gasteiger partial charge in [0.15, 0.2) is 5.60 Å². The monoisotopic (exact) mass is 378 g/mol. The van der Waals surface area contributed by atoms with Gasteiger partial charge < -0.3 is 24.9 Å². The second-order valence-electron chi connectivity index (χ2n) is 6.71. The molecule has 0 saturated carbocycles. The molecule has 0 aliphatic carbocycles. The zero-order chi connectivity index (χ0) is 20.8. The highest BCUT2D eigenvalue weighted by molar-refractivity contribution is 5.88. The highest BCUT2D eigenvalue weighted by Crippen LogP contribution is 2.15. The fourth-order valence-corrected chi connectivity index (χ4v) is 3.28. The lowest BCUT2D eigenvalue weighted by Crippen LogP contribution is -2.50. The molecule has 0 aromatic heterocycles. The third-order valence-corrected chi connectivity index (χ3v) is 4.08. The van der Waals surface area contributed by atoms with E-state index in [1.807, 2.05) is 0 Å². The second kappa shape index (κ2) is 13.5. The molecule has 0 saturated heterocycles. The van der Waals surface area contributed by atoms with Crippen molar-refractivity contribution in [3.05, 3.63) is 0 Å². The normalized spacial score (nSPS) is 11.4. The van der Waals surface area contributed by atoms with Crippen molar-refractivity contribution in [2.75, 3.05) is 26.2 Å². The van der Waals surface area contributed by atoms with Crippen LogP contribution >= 0.6 is 0 Å². The molecule has 8 nitrogen and oxygen atoms in total. The number of rotatable bonds is 13. The Morgan fingerprint density at radius 3 is 1.12 bits per heavy atom. The van der Waals surface area contributed by atoms with Gasteiger partial charge in [-0.15, -0.1) is 0 Å². The Hall–Kier alpha value is -1.67. The Morgan fingerprint density at radius 2 is 0.962 bits per heavy atom. The summed E-state index contributed by atoms with van der Waals surface area (Å²) in [7, 11) is 0. The molecule has 0 fully saturated rings. The van der Waals surface area contributed by atoms with Gasteiger partial charge in [-0.2, -0.15) is 0 Å². The van der Waals surface area contributed by atoms with Crippen LogP contribution in [-0.2, 0) is 14.4 Å². The molecule has 26 heavy (non-hydrogen) atoms. The largest absolute Gasteiger partial charge is 0.481 e. The smallest absolute Gasteiger partial charge is 0.336 e. The van der Waals surface area contributed by atoms with Gasteiger partial charge in [0, 0.05) is 0 Å². The predicted octanol–water partition coefficient (Wildman–Crippen LogP) is 2.19. The SMILES string of the molecule is CCC[N+](CCC)(CCC)CCC.O=C(O)CC(O)(CC(=O)O)C(=O)O. The van der Waals surface area contributed by atoms with Crippen LogP contribution in [0.2, 0.25) is 0 Å². The number of aliphatic hydroxyl groups is 1. The topological polar surface area (TPSA) is 132 Å². The number of hydrogen-bond acceptors (Lipinski definition) is 4. The molecule has 0 radical (unpaired) electrons. The molecule has 0 rings (SSSR count). The lowest BCUT2D eigenvalue weighted by atomic mass is 9.96. The van der Waals surface area contributed by atoms with Gasteiger partial charge in [-0.1, -0.05) is 27.7 Å². The summed E-state index contributed by atoms with van der Waals surface area (Å²) in [6, 6.07) is 0. The molecule has 154 valence electrons. The van der Waals surface area contributed by atoms with E-state index in [1.54, 1.807) is 0 Å². The first kappa shape index (κ1) is 26.6. The fraction of sp³-hybridized carbons (Fsp3) is 0.833. The van der Waals surface area contributed by atoms with Crippen LogP contribution in [0.3, 0.4) is 0 Å². The highest BCUT2D eigenvalue weighted by Gasteiger charge is 2.40. The first-order chi connectivity index (χ1) is 12.0. The number of aliphatic carboxylic acids is 3. The van der Waals surface area contributed by atoms with Crippen LogP contribution in [0.5, 0.6) is 0 Å². The molecule has 0 bridgehead atoms. The summed E-state index contributed by atoms with van der Waals surface area (Å²) < 4.78 is 1.38. The van der Waals surface area contributed by atoms with Crippen molar-refractivity contribution in [2.24, 2.45) is 0 Å². The maximum Gasteiger partial charge on any atom is 0.336 e. The Labute approximate surface area is 156 Å². The predicted molar refractivity (Wildman–Crippen MR) is 98.0 cm³/mol. The average Bonchev–Trinajstić information content (AvgIpc) is 2.47. The van der Waals surface area contributed by atoms with Crippen LogP contribution in [0, 0.1) is 0 Å². The molecular weight excluding hydrogens is 342 g/mol. The van der Waals surface area contributed by atoms with E-state index in [0.717, 1.165) is 0 Å². The first-order valence-electron chi connectivity index (χ1n) is 9.26. The summed E-state index contributed by atoms with van der Waals surface area (Å²) in [4.78, 5) is 30.5. The third kappa shape index (κ3) is 11.0. The average molecular weight is 378 g/mol. The van der Waals surface area contributed by atoms with Crippen molar-refractivity contribution in [3.63, 3.8) is 0 Å². The number of carboxylic acid groups (broad SMARTS) is 3. The van der Waals surface area contributed by atoms with Crippen LogP contribution in [0.4, 0.5) is 0 Å². The molecule has 0 unspecified atom stereocenters. The van der Waals surface area contributed by atoms with E-state index in [4.69, 9.17) is 20.4 Å². The number of nitrogens with zero attached hydrogens (tertiary/aromatic N) is 1. The molecule has 0 aliphatic rings. The summed E-state index contributed by atoms with van der Waals surface area (Å²) in [6.07, 6.45) is 3.04. The third-order valence-electron chi connectivity index (χ3n) is 4.08. The van der Waals surface area contributed by atoms with Crippen molar-refractivity contribution in [2.45, 2.75) is 71.8 Å². The van der Waals surface area contributed by atoms with Crippen LogP contribution in [0.1, 0.15) is 66.2 Å². The molecule has 0 aromatic carbocycles. The summed E-state index contributed by atoms with van der Waals surface area (Å²) >= 11 is 0.